The van der Waals surface area contributed by atoms with Crippen molar-refractivity contribution in [2.45, 2.75) is 19.8 Å². The Morgan fingerprint density at radius 3 is 2.88 bits per heavy atom. The van der Waals surface area contributed by atoms with Crippen LogP contribution in [-0.2, 0) is 0 Å². The van der Waals surface area contributed by atoms with Gasteiger partial charge in [0.25, 0.3) is 0 Å². The summed E-state index contributed by atoms with van der Waals surface area (Å²) in [5.41, 5.74) is 0.324. The molecule has 1 aliphatic heterocycles. The van der Waals surface area contributed by atoms with Crippen LogP contribution in [0.1, 0.15) is 19.8 Å². The van der Waals surface area contributed by atoms with Crippen LogP contribution in [-0.4, -0.2) is 29.6 Å². The molecule has 0 amide bonds. The first-order chi connectivity index (χ1) is 7.68. The van der Waals surface area contributed by atoms with Gasteiger partial charge in [-0.1, -0.05) is 6.92 Å². The molecule has 4 nitrogen and oxygen atoms in total. The molecule has 2 N–H and O–H groups in total. The highest BCUT2D eigenvalue weighted by Crippen LogP contribution is 2.25. The van der Waals surface area contributed by atoms with E-state index < -0.39 is 0 Å². The maximum Gasteiger partial charge on any atom is 0.222 e. The van der Waals surface area contributed by atoms with E-state index in [2.05, 4.69) is 50.1 Å². The maximum atomic E-state index is 4.24. The molecule has 88 valence electrons. The van der Waals surface area contributed by atoms with Crippen molar-refractivity contribution >= 4 is 28.5 Å². The van der Waals surface area contributed by atoms with Crippen molar-refractivity contribution in [2.24, 2.45) is 5.41 Å². The van der Waals surface area contributed by atoms with Gasteiger partial charge in [0.05, 0.1) is 0 Å². The minimum absolute atomic E-state index is 0.324. The van der Waals surface area contributed by atoms with E-state index in [1.165, 1.54) is 12.8 Å². The Bertz CT molecular complexity index is 332. The van der Waals surface area contributed by atoms with Gasteiger partial charge in [0, 0.05) is 29.1 Å². The fourth-order valence-corrected chi connectivity index (χ4v) is 2.24. The van der Waals surface area contributed by atoms with Crippen LogP contribution in [0.15, 0.2) is 12.4 Å². The second-order valence-electron chi connectivity index (χ2n) is 4.67. The van der Waals surface area contributed by atoms with Crippen LogP contribution in [0.5, 0.6) is 0 Å². The van der Waals surface area contributed by atoms with Gasteiger partial charge >= 0.3 is 0 Å². The molecule has 0 spiro atoms. The lowest BCUT2D eigenvalue weighted by Crippen LogP contribution is -2.42. The van der Waals surface area contributed by atoms with E-state index in [1.807, 2.05) is 12.4 Å². The number of nitrogens with zero attached hydrogens (tertiary/aromatic N) is 2. The van der Waals surface area contributed by atoms with Gasteiger partial charge in [0.1, 0.15) is 0 Å². The van der Waals surface area contributed by atoms with Crippen molar-refractivity contribution in [3.8, 4) is 0 Å². The molecule has 1 atom stereocenters. The number of anilines is 1. The molecule has 0 aliphatic carbocycles. The van der Waals surface area contributed by atoms with Crippen LogP contribution in [0.2, 0.25) is 0 Å². The number of hydrogen-bond donors (Lipinski definition) is 2. The van der Waals surface area contributed by atoms with Gasteiger partial charge in [-0.2, -0.15) is 0 Å². The van der Waals surface area contributed by atoms with Gasteiger partial charge in [-0.15, -0.1) is 0 Å². The average Bonchev–Trinajstić information content (AvgIpc) is 2.29. The van der Waals surface area contributed by atoms with Gasteiger partial charge < -0.3 is 10.6 Å². The van der Waals surface area contributed by atoms with Crippen LogP contribution in [0.3, 0.4) is 0 Å². The molecular formula is C11H17IN4. The summed E-state index contributed by atoms with van der Waals surface area (Å²) in [6.07, 6.45) is 6.18. The standard InChI is InChI=1S/C11H17IN4/c1-11(3-2-4-13-7-11)8-16-10-14-5-9(12)6-15-10/h5-6,13H,2-4,7-8H2,1H3,(H,14,15,16). The zero-order valence-electron chi connectivity index (χ0n) is 9.46. The summed E-state index contributed by atoms with van der Waals surface area (Å²) in [7, 11) is 0. The number of halogens is 1. The summed E-state index contributed by atoms with van der Waals surface area (Å²) in [4.78, 5) is 8.49. The minimum Gasteiger partial charge on any atom is -0.354 e. The summed E-state index contributed by atoms with van der Waals surface area (Å²) >= 11 is 2.21. The van der Waals surface area contributed by atoms with E-state index in [-0.39, 0.29) is 0 Å². The fraction of sp³-hybridized carbons (Fsp3) is 0.636. The highest BCUT2D eigenvalue weighted by atomic mass is 127. The molecular weight excluding hydrogens is 315 g/mol. The van der Waals surface area contributed by atoms with Crippen molar-refractivity contribution in [3.05, 3.63) is 16.0 Å². The first-order valence-corrected chi connectivity index (χ1v) is 6.68. The Balaban J connectivity index is 1.88. The summed E-state index contributed by atoms with van der Waals surface area (Å²) in [6.45, 7) is 5.46. The fourth-order valence-electron chi connectivity index (χ4n) is 1.97. The van der Waals surface area contributed by atoms with Crippen molar-refractivity contribution in [2.75, 3.05) is 25.0 Å². The summed E-state index contributed by atoms with van der Waals surface area (Å²) in [5, 5.41) is 6.76. The summed E-state index contributed by atoms with van der Waals surface area (Å²) in [6, 6.07) is 0. The SMILES string of the molecule is CC1(CNc2ncc(I)cn2)CCCNC1. The molecule has 0 saturated carbocycles. The molecule has 2 rings (SSSR count). The number of aromatic nitrogens is 2. The average molecular weight is 332 g/mol. The minimum atomic E-state index is 0.324. The van der Waals surface area contributed by atoms with Gasteiger partial charge in [0.2, 0.25) is 5.95 Å². The maximum absolute atomic E-state index is 4.24. The molecule has 2 heterocycles. The van der Waals surface area contributed by atoms with Crippen LogP contribution in [0, 0.1) is 8.99 Å². The monoisotopic (exact) mass is 332 g/mol. The molecule has 1 saturated heterocycles. The number of nitrogens with one attached hydrogen (secondary N) is 2. The lowest BCUT2D eigenvalue weighted by molar-refractivity contribution is 0.253. The van der Waals surface area contributed by atoms with Crippen molar-refractivity contribution in [1.82, 2.24) is 15.3 Å². The van der Waals surface area contributed by atoms with E-state index >= 15 is 0 Å². The normalized spacial score (nSPS) is 25.4. The Hall–Kier alpha value is -0.430. The highest BCUT2D eigenvalue weighted by Gasteiger charge is 2.26. The number of piperidine rings is 1. The van der Waals surface area contributed by atoms with Crippen LogP contribution in [0.4, 0.5) is 5.95 Å². The third kappa shape index (κ3) is 3.28. The van der Waals surface area contributed by atoms with Gasteiger partial charge in [-0.3, -0.25) is 0 Å². The van der Waals surface area contributed by atoms with Gasteiger partial charge in [-0.05, 0) is 47.4 Å². The molecule has 0 bridgehead atoms. The summed E-state index contributed by atoms with van der Waals surface area (Å²) < 4.78 is 1.06. The van der Waals surface area contributed by atoms with Gasteiger partial charge in [0.15, 0.2) is 0 Å². The predicted octanol–water partition coefficient (Wildman–Crippen LogP) is 1.88. The molecule has 1 aliphatic rings. The van der Waals surface area contributed by atoms with Crippen LogP contribution in [0.25, 0.3) is 0 Å². The first kappa shape index (κ1) is 12.0. The van der Waals surface area contributed by atoms with E-state index in [4.69, 9.17) is 0 Å². The quantitative estimate of drug-likeness (QED) is 0.830. The topological polar surface area (TPSA) is 49.8 Å². The lowest BCUT2D eigenvalue weighted by Gasteiger charge is -2.34. The second-order valence-corrected chi connectivity index (χ2v) is 5.92. The largest absolute Gasteiger partial charge is 0.354 e. The van der Waals surface area contributed by atoms with E-state index in [9.17, 15) is 0 Å². The zero-order chi connectivity index (χ0) is 11.4. The Morgan fingerprint density at radius 2 is 2.25 bits per heavy atom. The first-order valence-electron chi connectivity index (χ1n) is 5.60. The molecule has 16 heavy (non-hydrogen) atoms. The molecule has 1 aromatic rings. The van der Waals surface area contributed by atoms with Crippen molar-refractivity contribution in [1.29, 1.82) is 0 Å². The molecule has 0 aromatic carbocycles. The number of rotatable bonds is 3. The summed E-state index contributed by atoms with van der Waals surface area (Å²) in [5.74, 6) is 0.729. The van der Waals surface area contributed by atoms with Gasteiger partial charge in [-0.25, -0.2) is 9.97 Å². The van der Waals surface area contributed by atoms with Crippen LogP contribution < -0.4 is 10.6 Å². The Morgan fingerprint density at radius 1 is 1.50 bits per heavy atom. The Labute approximate surface area is 110 Å². The van der Waals surface area contributed by atoms with Crippen molar-refractivity contribution < 1.29 is 0 Å². The molecule has 1 fully saturated rings. The second kappa shape index (κ2) is 5.27. The molecule has 0 radical (unpaired) electrons. The van der Waals surface area contributed by atoms with E-state index in [1.54, 1.807) is 0 Å². The zero-order valence-corrected chi connectivity index (χ0v) is 11.6. The third-order valence-corrected chi connectivity index (χ3v) is 3.54. The predicted molar refractivity (Wildman–Crippen MR) is 73.4 cm³/mol. The molecule has 1 aromatic heterocycles. The molecule has 5 heteroatoms. The van der Waals surface area contributed by atoms with Crippen LogP contribution >= 0.6 is 22.6 Å². The third-order valence-electron chi connectivity index (χ3n) is 2.98. The smallest absolute Gasteiger partial charge is 0.222 e. The lowest BCUT2D eigenvalue weighted by atomic mass is 9.83. The highest BCUT2D eigenvalue weighted by molar-refractivity contribution is 14.1. The van der Waals surface area contributed by atoms with Crippen molar-refractivity contribution in [3.63, 3.8) is 0 Å². The Kier molecular flexibility index (Phi) is 3.96. The van der Waals surface area contributed by atoms with E-state index in [0.717, 1.165) is 29.2 Å². The number of hydrogen-bond acceptors (Lipinski definition) is 4. The van der Waals surface area contributed by atoms with E-state index in [0.29, 0.717) is 5.41 Å². The molecule has 1 unspecified atom stereocenters.